The van der Waals surface area contributed by atoms with E-state index in [0.29, 0.717) is 18.5 Å². The maximum Gasteiger partial charge on any atom is 0.150 e. The number of para-hydroxylation sites is 1. The predicted molar refractivity (Wildman–Crippen MR) is 221 cm³/mol. The molecule has 0 radical (unpaired) electrons. The Kier molecular flexibility index (Phi) is 8.41. The number of allylic oxidation sites excluding steroid dienone is 6. The van der Waals surface area contributed by atoms with Gasteiger partial charge in [-0.25, -0.2) is 0 Å². The zero-order valence-electron chi connectivity index (χ0n) is 30.5. The summed E-state index contributed by atoms with van der Waals surface area (Å²) in [7, 11) is -3.13. The fourth-order valence-corrected chi connectivity index (χ4v) is 12.3. The van der Waals surface area contributed by atoms with Gasteiger partial charge in [0.25, 0.3) is 0 Å². The standard InChI is InChI=1S/C47H37N6OP/c1-30(26-48)9-8-14-42-31(2)41-29-51-33(28-50)16-20-45(41)52(42)34-17-21-46-39(24-34)40-25-35(18-22-47(40)55(46,54)36-10-4-3-5-11-36)53-43-13-7-6-12-37(43)38-23-32(27-49)15-19-44(38)53/h3-13,15-25,30,33,39,46,51H,14,29H2,1-2H3/b9-8-. The van der Waals surface area contributed by atoms with Crippen molar-refractivity contribution in [2.75, 3.05) is 0 Å². The van der Waals surface area contributed by atoms with Crippen LogP contribution in [0.3, 0.4) is 0 Å². The summed E-state index contributed by atoms with van der Waals surface area (Å²) in [4.78, 5) is 0. The van der Waals surface area contributed by atoms with Crippen LogP contribution in [-0.4, -0.2) is 20.8 Å². The van der Waals surface area contributed by atoms with Gasteiger partial charge in [-0.3, -0.25) is 5.32 Å². The van der Waals surface area contributed by atoms with Crippen molar-refractivity contribution in [3.63, 3.8) is 0 Å². The summed E-state index contributed by atoms with van der Waals surface area (Å²) in [6.07, 6.45) is 15.2. The average Bonchev–Trinajstić information content (AvgIpc) is 3.71. The normalized spacial score (nSPS) is 21.7. The molecule has 5 atom stereocenters. The highest BCUT2D eigenvalue weighted by molar-refractivity contribution is 7.80. The topological polar surface area (TPSA) is 110 Å². The minimum absolute atomic E-state index is 0.181. The van der Waals surface area contributed by atoms with E-state index in [1.807, 2.05) is 79.7 Å². The molecule has 55 heavy (non-hydrogen) atoms. The van der Waals surface area contributed by atoms with Gasteiger partial charge in [0.15, 0.2) is 7.14 Å². The Bertz CT molecular complexity index is 2870. The molecular weight excluding hydrogens is 696 g/mol. The molecule has 2 aliphatic heterocycles. The second-order valence-corrected chi connectivity index (χ2v) is 17.5. The van der Waals surface area contributed by atoms with Crippen LogP contribution in [-0.2, 0) is 17.5 Å². The van der Waals surface area contributed by atoms with Crippen molar-refractivity contribution in [1.29, 1.82) is 15.8 Å². The smallest absolute Gasteiger partial charge is 0.150 e. The first kappa shape index (κ1) is 34.4. The molecule has 1 N–H and O–H groups in total. The molecule has 8 heteroatoms. The van der Waals surface area contributed by atoms with E-state index in [2.05, 4.69) is 100 Å². The second kappa shape index (κ2) is 13.5. The van der Waals surface area contributed by atoms with E-state index in [4.69, 9.17) is 0 Å². The third-order valence-corrected chi connectivity index (χ3v) is 15.0. The Morgan fingerprint density at radius 1 is 0.909 bits per heavy atom. The van der Waals surface area contributed by atoms with Gasteiger partial charge in [-0.15, -0.1) is 0 Å². The third kappa shape index (κ3) is 5.38. The molecule has 4 heterocycles. The Labute approximate surface area is 320 Å². The fraction of sp³-hybridized carbons (Fsp3) is 0.170. The third-order valence-electron chi connectivity index (χ3n) is 11.5. The number of rotatable bonds is 6. The maximum absolute atomic E-state index is 15.8. The first-order valence-corrected chi connectivity index (χ1v) is 20.4. The van der Waals surface area contributed by atoms with Crippen LogP contribution >= 0.6 is 7.14 Å². The van der Waals surface area contributed by atoms with Crippen LogP contribution in [0.5, 0.6) is 0 Å². The second-order valence-electron chi connectivity index (χ2n) is 14.6. The molecule has 1 aliphatic carbocycles. The zero-order chi connectivity index (χ0) is 37.8. The monoisotopic (exact) mass is 732 g/mol. The summed E-state index contributed by atoms with van der Waals surface area (Å²) in [5.41, 5.74) is 9.81. The summed E-state index contributed by atoms with van der Waals surface area (Å²) in [5, 5.41) is 36.1. The lowest BCUT2D eigenvalue weighted by Gasteiger charge is -2.26. The first-order valence-electron chi connectivity index (χ1n) is 18.6. The van der Waals surface area contributed by atoms with Crippen molar-refractivity contribution >= 4 is 51.3 Å². The van der Waals surface area contributed by atoms with E-state index < -0.39 is 13.2 Å². The van der Waals surface area contributed by atoms with Gasteiger partial charge in [0, 0.05) is 63.0 Å². The molecule has 0 bridgehead atoms. The van der Waals surface area contributed by atoms with E-state index in [9.17, 15) is 15.8 Å². The summed E-state index contributed by atoms with van der Waals surface area (Å²) >= 11 is 0. The fourth-order valence-electron chi connectivity index (χ4n) is 8.85. The highest BCUT2D eigenvalue weighted by Crippen LogP contribution is 2.62. The number of hydrogen-bond donors (Lipinski definition) is 1. The van der Waals surface area contributed by atoms with E-state index in [1.165, 1.54) is 0 Å². The van der Waals surface area contributed by atoms with Crippen molar-refractivity contribution < 1.29 is 4.57 Å². The van der Waals surface area contributed by atoms with E-state index >= 15 is 4.57 Å². The molecule has 0 saturated heterocycles. The van der Waals surface area contributed by atoms with Crippen LogP contribution in [0.2, 0.25) is 0 Å². The molecule has 5 unspecified atom stereocenters. The average molecular weight is 733 g/mol. The van der Waals surface area contributed by atoms with Crippen molar-refractivity contribution in [3.05, 3.63) is 161 Å². The van der Waals surface area contributed by atoms with Gasteiger partial charge in [-0.2, -0.15) is 15.8 Å². The lowest BCUT2D eigenvalue weighted by molar-refractivity contribution is 0.582. The van der Waals surface area contributed by atoms with Gasteiger partial charge in [0.1, 0.15) is 6.04 Å². The van der Waals surface area contributed by atoms with Gasteiger partial charge in [0.05, 0.1) is 46.4 Å². The highest BCUT2D eigenvalue weighted by atomic mass is 31.2. The molecular formula is C47H37N6OP. The largest absolute Gasteiger partial charge is 0.314 e. The number of benzene rings is 4. The molecule has 6 aromatic rings. The Balaban J connectivity index is 1.25. The van der Waals surface area contributed by atoms with Crippen LogP contribution in [0.1, 0.15) is 46.5 Å². The molecule has 9 rings (SSSR count). The number of hydrogen-bond acceptors (Lipinski definition) is 5. The van der Waals surface area contributed by atoms with Gasteiger partial charge in [0.2, 0.25) is 0 Å². The number of fused-ring (bicyclic) bond motifs is 7. The summed E-state index contributed by atoms with van der Waals surface area (Å²) < 4.78 is 20.3. The lowest BCUT2D eigenvalue weighted by atomic mass is 9.90. The molecule has 0 saturated carbocycles. The molecule has 0 fully saturated rings. The Morgan fingerprint density at radius 2 is 1.71 bits per heavy atom. The maximum atomic E-state index is 15.8. The number of nitrogens with zero attached hydrogens (tertiary/aromatic N) is 5. The highest BCUT2D eigenvalue weighted by Gasteiger charge is 2.49. The molecule has 4 aromatic carbocycles. The molecule has 266 valence electrons. The lowest BCUT2D eigenvalue weighted by Crippen LogP contribution is -2.23. The number of aromatic nitrogens is 2. The van der Waals surface area contributed by atoms with Gasteiger partial charge < -0.3 is 13.7 Å². The minimum Gasteiger partial charge on any atom is -0.314 e. The predicted octanol–water partition coefficient (Wildman–Crippen LogP) is 8.92. The van der Waals surface area contributed by atoms with E-state index in [1.54, 1.807) is 0 Å². The molecule has 3 aliphatic rings. The Morgan fingerprint density at radius 3 is 2.51 bits per heavy atom. The van der Waals surface area contributed by atoms with Crippen LogP contribution in [0.4, 0.5) is 0 Å². The zero-order valence-corrected chi connectivity index (χ0v) is 31.4. The van der Waals surface area contributed by atoms with Crippen molar-refractivity contribution in [3.8, 4) is 23.9 Å². The van der Waals surface area contributed by atoms with Crippen molar-refractivity contribution in [2.45, 2.75) is 44.4 Å². The Hall–Kier alpha value is -6.42. The first-order chi connectivity index (χ1) is 26.8. The molecule has 7 nitrogen and oxygen atoms in total. The van der Waals surface area contributed by atoms with Gasteiger partial charge >= 0.3 is 0 Å². The molecule has 2 aromatic heterocycles. The summed E-state index contributed by atoms with van der Waals surface area (Å²) in [6.45, 7) is 4.58. The van der Waals surface area contributed by atoms with Crippen LogP contribution in [0.25, 0.3) is 39.3 Å². The molecule has 0 amide bonds. The number of nitriles is 3. The van der Waals surface area contributed by atoms with Crippen molar-refractivity contribution in [2.24, 2.45) is 5.92 Å². The van der Waals surface area contributed by atoms with Gasteiger partial charge in [-0.05, 0) is 85.2 Å². The van der Waals surface area contributed by atoms with Crippen LogP contribution in [0.15, 0.2) is 127 Å². The van der Waals surface area contributed by atoms with E-state index in [-0.39, 0.29) is 17.5 Å². The summed E-state index contributed by atoms with van der Waals surface area (Å²) in [6, 6.07) is 37.0. The minimum atomic E-state index is -3.13. The van der Waals surface area contributed by atoms with Crippen LogP contribution < -0.4 is 15.9 Å². The molecule has 0 spiro atoms. The SMILES string of the molecule is Cc1c2c(n(C3=CC4c5cc(-n6c7ccccc7c7cc(C#N)ccc76)ccc5P(=O)(c5ccccc5)C4C=C3)c1C/C=C\C(C)C#N)C=CC(C#N)NC2. The van der Waals surface area contributed by atoms with Crippen molar-refractivity contribution in [1.82, 2.24) is 14.5 Å². The number of nitrogens with one attached hydrogen (secondary N) is 1. The van der Waals surface area contributed by atoms with Gasteiger partial charge in [-0.1, -0.05) is 78.9 Å². The summed E-state index contributed by atoms with van der Waals surface area (Å²) in [5.74, 6) is -0.382. The quantitative estimate of drug-likeness (QED) is 0.136. The van der Waals surface area contributed by atoms with Crippen LogP contribution in [0, 0.1) is 46.8 Å². The van der Waals surface area contributed by atoms with E-state index in [0.717, 1.165) is 71.9 Å².